The number of hydrogen-bond acceptors (Lipinski definition) is 7. The maximum absolute atomic E-state index is 11.7. The Morgan fingerprint density at radius 1 is 1.53 bits per heavy atom. The Balaban J connectivity index is 2.28. The van der Waals surface area contributed by atoms with E-state index in [1.54, 1.807) is 6.92 Å². The van der Waals surface area contributed by atoms with Gasteiger partial charge >= 0.3 is 0 Å². The van der Waals surface area contributed by atoms with E-state index < -0.39 is 0 Å². The maximum Gasteiger partial charge on any atom is 0.242 e. The number of hydrazine groups is 1. The molecule has 0 aromatic carbocycles. The first-order valence-corrected chi connectivity index (χ1v) is 6.79. The number of amides is 1. The van der Waals surface area contributed by atoms with Gasteiger partial charge in [-0.05, 0) is 25.3 Å². The highest BCUT2D eigenvalue weighted by molar-refractivity contribution is 7.16. The van der Waals surface area contributed by atoms with Crippen LogP contribution in [0.3, 0.4) is 0 Å². The number of aromatic nitrogens is 2. The molecule has 0 fully saturated rings. The number of rotatable bonds is 5. The molecule has 0 aliphatic carbocycles. The van der Waals surface area contributed by atoms with Gasteiger partial charge in [-0.2, -0.15) is 4.98 Å². The van der Waals surface area contributed by atoms with E-state index >= 15 is 0 Å². The van der Waals surface area contributed by atoms with Crippen LogP contribution in [-0.4, -0.2) is 28.5 Å². The van der Waals surface area contributed by atoms with Crippen molar-refractivity contribution in [3.8, 4) is 0 Å². The highest BCUT2D eigenvalue weighted by Crippen LogP contribution is 2.26. The SMILES string of the molecule is CCNC(=O)C(C)Nc1nc(NN)nc2sccc12. The Morgan fingerprint density at radius 2 is 2.32 bits per heavy atom. The first-order valence-electron chi connectivity index (χ1n) is 5.91. The fourth-order valence-electron chi connectivity index (χ4n) is 1.63. The van der Waals surface area contributed by atoms with E-state index in [1.165, 1.54) is 11.3 Å². The van der Waals surface area contributed by atoms with Crippen LogP contribution in [0.15, 0.2) is 11.4 Å². The summed E-state index contributed by atoms with van der Waals surface area (Å²) < 4.78 is 0. The van der Waals surface area contributed by atoms with E-state index in [2.05, 4.69) is 26.0 Å². The molecule has 0 bridgehead atoms. The van der Waals surface area contributed by atoms with Gasteiger partial charge in [-0.15, -0.1) is 11.3 Å². The van der Waals surface area contributed by atoms with Crippen LogP contribution in [0, 0.1) is 0 Å². The summed E-state index contributed by atoms with van der Waals surface area (Å²) >= 11 is 1.49. The van der Waals surface area contributed by atoms with E-state index in [9.17, 15) is 4.79 Å². The molecule has 102 valence electrons. The van der Waals surface area contributed by atoms with Crippen LogP contribution in [0.5, 0.6) is 0 Å². The topological polar surface area (TPSA) is 105 Å². The summed E-state index contributed by atoms with van der Waals surface area (Å²) in [5, 5.41) is 8.63. The van der Waals surface area contributed by atoms with Crippen molar-refractivity contribution in [1.29, 1.82) is 0 Å². The standard InChI is InChI=1S/C11H16N6OS/c1-3-13-9(18)6(2)14-8-7-4-5-19-10(7)16-11(15-8)17-12/h4-6H,3,12H2,1-2H3,(H,13,18)(H2,14,15,16,17). The molecule has 19 heavy (non-hydrogen) atoms. The zero-order valence-corrected chi connectivity index (χ0v) is 11.5. The van der Waals surface area contributed by atoms with Gasteiger partial charge in [0.2, 0.25) is 11.9 Å². The second-order valence-corrected chi connectivity index (χ2v) is 4.83. The molecule has 0 saturated heterocycles. The summed E-state index contributed by atoms with van der Waals surface area (Å²) in [6.07, 6.45) is 0. The van der Waals surface area contributed by atoms with E-state index in [0.29, 0.717) is 18.3 Å². The minimum atomic E-state index is -0.386. The van der Waals surface area contributed by atoms with Gasteiger partial charge in [-0.1, -0.05) is 0 Å². The number of fused-ring (bicyclic) bond motifs is 1. The van der Waals surface area contributed by atoms with Crippen LogP contribution in [0.4, 0.5) is 11.8 Å². The summed E-state index contributed by atoms with van der Waals surface area (Å²) in [6.45, 7) is 4.25. The fourth-order valence-corrected chi connectivity index (χ4v) is 2.39. The Morgan fingerprint density at radius 3 is 3.00 bits per heavy atom. The number of carbonyl (C=O) groups excluding carboxylic acids is 1. The Bertz CT molecular complexity index is 584. The van der Waals surface area contributed by atoms with Crippen LogP contribution in [0.2, 0.25) is 0 Å². The number of likely N-dealkylation sites (N-methyl/N-ethyl adjacent to an activating group) is 1. The number of nitrogens with one attached hydrogen (secondary N) is 3. The fraction of sp³-hybridized carbons (Fsp3) is 0.364. The molecule has 1 atom stereocenters. The predicted molar refractivity (Wildman–Crippen MR) is 77.0 cm³/mol. The summed E-state index contributed by atoms with van der Waals surface area (Å²) in [4.78, 5) is 21.0. The van der Waals surface area contributed by atoms with Gasteiger partial charge in [-0.3, -0.25) is 10.2 Å². The zero-order chi connectivity index (χ0) is 13.8. The summed E-state index contributed by atoms with van der Waals surface area (Å²) in [6, 6.07) is 1.52. The molecule has 7 nitrogen and oxygen atoms in total. The van der Waals surface area contributed by atoms with Crippen molar-refractivity contribution < 1.29 is 4.79 Å². The molecule has 8 heteroatoms. The molecule has 5 N–H and O–H groups in total. The highest BCUT2D eigenvalue weighted by atomic mass is 32.1. The van der Waals surface area contributed by atoms with Gasteiger partial charge in [-0.25, -0.2) is 10.8 Å². The van der Waals surface area contributed by atoms with Crippen molar-refractivity contribution in [3.63, 3.8) is 0 Å². The third kappa shape index (κ3) is 2.91. The minimum absolute atomic E-state index is 0.0771. The van der Waals surface area contributed by atoms with Crippen molar-refractivity contribution in [2.45, 2.75) is 19.9 Å². The lowest BCUT2D eigenvalue weighted by atomic mass is 10.3. The first kappa shape index (κ1) is 13.5. The monoisotopic (exact) mass is 280 g/mol. The number of anilines is 2. The van der Waals surface area contributed by atoms with Gasteiger partial charge in [0, 0.05) is 6.54 Å². The molecule has 0 aliphatic heterocycles. The van der Waals surface area contributed by atoms with Crippen molar-refractivity contribution >= 4 is 39.2 Å². The molecule has 0 radical (unpaired) electrons. The molecule has 1 amide bonds. The molecular formula is C11H16N6OS. The molecular weight excluding hydrogens is 264 g/mol. The summed E-state index contributed by atoms with van der Waals surface area (Å²) in [5.74, 6) is 6.18. The maximum atomic E-state index is 11.7. The molecule has 2 rings (SSSR count). The number of nitrogen functional groups attached to an aromatic ring is 1. The molecule has 2 aromatic rings. The number of carbonyl (C=O) groups is 1. The third-order valence-corrected chi connectivity index (χ3v) is 3.36. The Labute approximate surface area is 114 Å². The van der Waals surface area contributed by atoms with Crippen LogP contribution >= 0.6 is 11.3 Å². The van der Waals surface area contributed by atoms with Gasteiger partial charge in [0.1, 0.15) is 16.7 Å². The van der Waals surface area contributed by atoms with E-state index in [-0.39, 0.29) is 11.9 Å². The molecule has 0 spiro atoms. The predicted octanol–water partition coefficient (Wildman–Crippen LogP) is 0.913. The lowest BCUT2D eigenvalue weighted by Gasteiger charge is -2.15. The Hall–Kier alpha value is -1.93. The van der Waals surface area contributed by atoms with Crippen molar-refractivity contribution in [2.75, 3.05) is 17.3 Å². The number of nitrogens with two attached hydrogens (primary N) is 1. The van der Waals surface area contributed by atoms with Gasteiger partial charge < -0.3 is 10.6 Å². The zero-order valence-electron chi connectivity index (χ0n) is 10.7. The van der Waals surface area contributed by atoms with Crippen LogP contribution in [0.1, 0.15) is 13.8 Å². The van der Waals surface area contributed by atoms with Gasteiger partial charge in [0.05, 0.1) is 5.39 Å². The molecule has 0 aliphatic rings. The number of nitrogens with zero attached hydrogens (tertiary/aromatic N) is 2. The number of hydrogen-bond donors (Lipinski definition) is 4. The van der Waals surface area contributed by atoms with E-state index in [1.807, 2.05) is 18.4 Å². The summed E-state index contributed by atoms with van der Waals surface area (Å²) in [5.41, 5.74) is 2.42. The van der Waals surface area contributed by atoms with Gasteiger partial charge in [0.25, 0.3) is 0 Å². The third-order valence-electron chi connectivity index (χ3n) is 2.55. The van der Waals surface area contributed by atoms with Gasteiger partial charge in [0.15, 0.2) is 0 Å². The Kier molecular flexibility index (Phi) is 4.13. The second-order valence-electron chi connectivity index (χ2n) is 3.94. The van der Waals surface area contributed by atoms with Crippen LogP contribution in [-0.2, 0) is 4.79 Å². The van der Waals surface area contributed by atoms with Crippen LogP contribution < -0.4 is 21.9 Å². The van der Waals surface area contributed by atoms with E-state index in [0.717, 1.165) is 10.2 Å². The quantitative estimate of drug-likeness (QED) is 0.479. The first-order chi connectivity index (χ1) is 9.15. The van der Waals surface area contributed by atoms with Crippen LogP contribution in [0.25, 0.3) is 10.2 Å². The smallest absolute Gasteiger partial charge is 0.242 e. The normalized spacial score (nSPS) is 12.2. The van der Waals surface area contributed by atoms with Crippen molar-refractivity contribution in [2.24, 2.45) is 5.84 Å². The average molecular weight is 280 g/mol. The minimum Gasteiger partial charge on any atom is -0.358 e. The largest absolute Gasteiger partial charge is 0.358 e. The second kappa shape index (κ2) is 5.81. The highest BCUT2D eigenvalue weighted by Gasteiger charge is 2.15. The number of thiophene rings is 1. The summed E-state index contributed by atoms with van der Waals surface area (Å²) in [7, 11) is 0. The lowest BCUT2D eigenvalue weighted by Crippen LogP contribution is -2.37. The molecule has 0 saturated carbocycles. The van der Waals surface area contributed by atoms with Crippen molar-refractivity contribution in [3.05, 3.63) is 11.4 Å². The van der Waals surface area contributed by atoms with E-state index in [4.69, 9.17) is 5.84 Å². The molecule has 1 unspecified atom stereocenters. The molecule has 2 aromatic heterocycles. The average Bonchev–Trinajstić information content (AvgIpc) is 2.87. The molecule has 2 heterocycles. The lowest BCUT2D eigenvalue weighted by molar-refractivity contribution is -0.121. The van der Waals surface area contributed by atoms with Crippen molar-refractivity contribution in [1.82, 2.24) is 15.3 Å².